The molecule has 1 heteroatoms. The molecule has 2 radical (unpaired) electrons. The lowest BCUT2D eigenvalue weighted by Gasteiger charge is -2.11. The molecule has 0 saturated carbocycles. The second-order valence-corrected chi connectivity index (χ2v) is 2.12. The van der Waals surface area contributed by atoms with Gasteiger partial charge in [-0.05, 0) is 25.0 Å². The van der Waals surface area contributed by atoms with Gasteiger partial charge in [-0.25, -0.2) is 0 Å². The molecule has 1 rings (SSSR count). The molecule has 0 saturated heterocycles. The van der Waals surface area contributed by atoms with Crippen LogP contribution in [0.15, 0.2) is 4.99 Å². The summed E-state index contributed by atoms with van der Waals surface area (Å²) < 4.78 is 0. The van der Waals surface area contributed by atoms with Crippen LogP contribution in [0.25, 0.3) is 0 Å². The normalized spacial score (nSPS) is 28.4. The largest absolute Gasteiger partial charge is 0.285 e. The first kappa shape index (κ1) is 5.80. The topological polar surface area (TPSA) is 12.4 Å². The Morgan fingerprint density at radius 1 is 1.88 bits per heavy atom. The molecule has 0 aliphatic carbocycles. The first-order valence-electron chi connectivity index (χ1n) is 3.20. The quantitative estimate of drug-likeness (QED) is 0.487. The molecule has 0 bridgehead atoms. The minimum absolute atomic E-state index is 0.639. The van der Waals surface area contributed by atoms with Gasteiger partial charge in [0.2, 0.25) is 0 Å². The van der Waals surface area contributed by atoms with E-state index in [-0.39, 0.29) is 0 Å². The maximum Gasteiger partial charge on any atom is 0.119 e. The minimum Gasteiger partial charge on any atom is -0.285 e. The Morgan fingerprint density at radius 3 is 3.12 bits per heavy atom. The molecule has 0 aromatic carbocycles. The fourth-order valence-corrected chi connectivity index (χ4v) is 0.858. The van der Waals surface area contributed by atoms with Crippen molar-refractivity contribution < 1.29 is 0 Å². The van der Waals surface area contributed by atoms with Crippen molar-refractivity contribution in [3.05, 3.63) is 6.54 Å². The summed E-state index contributed by atoms with van der Waals surface area (Å²) in [5.41, 5.74) is 0. The van der Waals surface area contributed by atoms with Gasteiger partial charge in [-0.2, -0.15) is 0 Å². The predicted molar refractivity (Wildman–Crippen MR) is 34.7 cm³/mol. The van der Waals surface area contributed by atoms with E-state index in [0.29, 0.717) is 5.92 Å². The van der Waals surface area contributed by atoms with Gasteiger partial charge in [0.15, 0.2) is 0 Å². The monoisotopic (exact) mass is 109 g/mol. The van der Waals surface area contributed by atoms with Gasteiger partial charge in [-0.1, -0.05) is 13.3 Å². The molecule has 1 aliphatic heterocycles. The van der Waals surface area contributed by atoms with Crippen LogP contribution in [-0.2, 0) is 0 Å². The highest BCUT2D eigenvalue weighted by molar-refractivity contribution is 5.58. The van der Waals surface area contributed by atoms with E-state index < -0.39 is 0 Å². The van der Waals surface area contributed by atoms with Gasteiger partial charge in [-0.3, -0.25) is 4.99 Å². The highest BCUT2D eigenvalue weighted by atomic mass is 14.7. The van der Waals surface area contributed by atoms with E-state index in [1.807, 2.05) is 6.21 Å². The average molecular weight is 109 g/mol. The number of hydrogen-bond acceptors (Lipinski definition) is 1. The van der Waals surface area contributed by atoms with Crippen molar-refractivity contribution in [1.29, 1.82) is 0 Å². The molecule has 8 heavy (non-hydrogen) atoms. The molecule has 1 heterocycles. The maximum absolute atomic E-state index is 3.95. The summed E-state index contributed by atoms with van der Waals surface area (Å²) in [7, 11) is 0. The zero-order valence-electron chi connectivity index (χ0n) is 5.22. The second-order valence-electron chi connectivity index (χ2n) is 2.12. The third-order valence-electron chi connectivity index (χ3n) is 1.49. The van der Waals surface area contributed by atoms with E-state index >= 15 is 0 Å². The van der Waals surface area contributed by atoms with E-state index in [2.05, 4.69) is 18.5 Å². The van der Waals surface area contributed by atoms with Crippen molar-refractivity contribution in [3.63, 3.8) is 0 Å². The Bertz CT molecular complexity index is 86.4. The lowest BCUT2D eigenvalue weighted by Crippen LogP contribution is -2.02. The molecule has 1 nitrogen and oxygen atoms in total. The molecular formula is C7H11N. The second kappa shape index (κ2) is 2.85. The highest BCUT2D eigenvalue weighted by Crippen LogP contribution is 2.17. The van der Waals surface area contributed by atoms with Crippen LogP contribution in [0.5, 0.6) is 0 Å². The fraction of sp³-hybridized carbons (Fsp3) is 0.714. The number of hydrogen-bond donors (Lipinski definition) is 0. The van der Waals surface area contributed by atoms with E-state index in [9.17, 15) is 0 Å². The Balaban J connectivity index is 2.27. The summed E-state index contributed by atoms with van der Waals surface area (Å²) >= 11 is 0. The van der Waals surface area contributed by atoms with E-state index in [1.54, 1.807) is 0 Å². The molecule has 1 aliphatic rings. The van der Waals surface area contributed by atoms with Crippen molar-refractivity contribution >= 4 is 6.21 Å². The standard InChI is InChI=1S/C7H11N/c1-2-7-4-3-5-8-6-7/h5,7H,2-4H2,1H3. The Labute approximate surface area is 50.8 Å². The Morgan fingerprint density at radius 2 is 2.75 bits per heavy atom. The molecule has 0 aromatic heterocycles. The average Bonchev–Trinajstić information content (AvgIpc) is 1.90. The van der Waals surface area contributed by atoms with Crippen molar-refractivity contribution in [2.75, 3.05) is 0 Å². The van der Waals surface area contributed by atoms with Gasteiger partial charge in [0.1, 0.15) is 6.54 Å². The van der Waals surface area contributed by atoms with Gasteiger partial charge in [0, 0.05) is 0 Å². The molecule has 44 valence electrons. The molecule has 0 amide bonds. The predicted octanol–water partition coefficient (Wildman–Crippen LogP) is 1.92. The van der Waals surface area contributed by atoms with E-state index in [1.165, 1.54) is 12.8 Å². The van der Waals surface area contributed by atoms with Crippen LogP contribution in [0.3, 0.4) is 0 Å². The van der Waals surface area contributed by atoms with Crippen LogP contribution >= 0.6 is 0 Å². The van der Waals surface area contributed by atoms with E-state index in [0.717, 1.165) is 6.42 Å². The summed E-state index contributed by atoms with van der Waals surface area (Å²) in [5, 5.41) is 0. The van der Waals surface area contributed by atoms with Crippen LogP contribution < -0.4 is 0 Å². The first-order valence-corrected chi connectivity index (χ1v) is 3.20. The summed E-state index contributed by atoms with van der Waals surface area (Å²) in [6, 6.07) is 0. The molecule has 0 aromatic rings. The Hall–Kier alpha value is -0.330. The zero-order valence-corrected chi connectivity index (χ0v) is 5.22. The van der Waals surface area contributed by atoms with E-state index in [4.69, 9.17) is 0 Å². The molecule has 0 fully saturated rings. The van der Waals surface area contributed by atoms with Crippen LogP contribution in [0, 0.1) is 12.5 Å². The SMILES string of the molecule is CCC1[C]N=CCC1. The van der Waals surface area contributed by atoms with Gasteiger partial charge >= 0.3 is 0 Å². The number of aliphatic imine (C=N–C) groups is 1. The minimum atomic E-state index is 0.639. The van der Waals surface area contributed by atoms with Gasteiger partial charge in [-0.15, -0.1) is 0 Å². The lowest BCUT2D eigenvalue weighted by atomic mass is 9.99. The Kier molecular flexibility index (Phi) is 2.07. The van der Waals surface area contributed by atoms with Crippen LogP contribution in [0.2, 0.25) is 0 Å². The van der Waals surface area contributed by atoms with Crippen molar-refractivity contribution in [2.24, 2.45) is 10.9 Å². The smallest absolute Gasteiger partial charge is 0.119 e. The molecular weight excluding hydrogens is 98.1 g/mol. The first-order chi connectivity index (χ1) is 3.93. The fourth-order valence-electron chi connectivity index (χ4n) is 0.858. The lowest BCUT2D eigenvalue weighted by molar-refractivity contribution is 0.533. The van der Waals surface area contributed by atoms with Crippen LogP contribution in [-0.4, -0.2) is 6.21 Å². The van der Waals surface area contributed by atoms with Crippen LogP contribution in [0.1, 0.15) is 26.2 Å². The third kappa shape index (κ3) is 1.32. The number of nitrogens with zero attached hydrogens (tertiary/aromatic N) is 1. The summed E-state index contributed by atoms with van der Waals surface area (Å²) in [4.78, 5) is 3.95. The maximum atomic E-state index is 3.95. The van der Waals surface area contributed by atoms with Crippen LogP contribution in [0.4, 0.5) is 0 Å². The molecule has 0 spiro atoms. The summed E-state index contributed by atoms with van der Waals surface area (Å²) in [5.74, 6) is 0.639. The highest BCUT2D eigenvalue weighted by Gasteiger charge is 2.07. The number of rotatable bonds is 1. The van der Waals surface area contributed by atoms with Crippen molar-refractivity contribution in [1.82, 2.24) is 0 Å². The summed E-state index contributed by atoms with van der Waals surface area (Å²) in [6.07, 6.45) is 5.52. The molecule has 1 unspecified atom stereocenters. The molecule has 0 N–H and O–H groups in total. The third-order valence-corrected chi connectivity index (χ3v) is 1.49. The zero-order chi connectivity index (χ0) is 5.82. The van der Waals surface area contributed by atoms with Crippen molar-refractivity contribution in [3.8, 4) is 0 Å². The van der Waals surface area contributed by atoms with Gasteiger partial charge < -0.3 is 0 Å². The van der Waals surface area contributed by atoms with Crippen molar-refractivity contribution in [2.45, 2.75) is 26.2 Å². The summed E-state index contributed by atoms with van der Waals surface area (Å²) in [6.45, 7) is 5.22. The molecule has 1 atom stereocenters. The van der Waals surface area contributed by atoms with Gasteiger partial charge in [0.25, 0.3) is 0 Å². The van der Waals surface area contributed by atoms with Gasteiger partial charge in [0.05, 0.1) is 0 Å².